The van der Waals surface area contributed by atoms with E-state index in [9.17, 15) is 9.59 Å². The van der Waals surface area contributed by atoms with Crippen molar-refractivity contribution in [1.29, 1.82) is 0 Å². The monoisotopic (exact) mass is 289 g/mol. The molecule has 1 saturated carbocycles. The predicted molar refractivity (Wildman–Crippen MR) is 81.8 cm³/mol. The van der Waals surface area contributed by atoms with Crippen LogP contribution in [0.1, 0.15) is 48.4 Å². The van der Waals surface area contributed by atoms with Crippen molar-refractivity contribution >= 4 is 11.8 Å². The van der Waals surface area contributed by atoms with E-state index in [0.29, 0.717) is 11.1 Å². The first kappa shape index (κ1) is 15.5. The molecule has 114 valence electrons. The molecular weight excluding hydrogens is 266 g/mol. The fourth-order valence-electron chi connectivity index (χ4n) is 3.58. The van der Waals surface area contributed by atoms with Crippen molar-refractivity contribution in [3.05, 3.63) is 35.4 Å². The third kappa shape index (κ3) is 2.42. The van der Waals surface area contributed by atoms with Gasteiger partial charge in [-0.25, -0.2) is 0 Å². The summed E-state index contributed by atoms with van der Waals surface area (Å²) in [5, 5.41) is 3.04. The Labute approximate surface area is 125 Å². The molecule has 1 fully saturated rings. The Morgan fingerprint density at radius 3 is 2.14 bits per heavy atom. The van der Waals surface area contributed by atoms with E-state index in [4.69, 9.17) is 11.5 Å². The second kappa shape index (κ2) is 4.84. The zero-order valence-corrected chi connectivity index (χ0v) is 12.9. The molecular formula is C16H23N3O2. The summed E-state index contributed by atoms with van der Waals surface area (Å²) in [7, 11) is 0. The number of nitrogens with one attached hydrogen (secondary N) is 1. The van der Waals surface area contributed by atoms with Crippen LogP contribution in [0.2, 0.25) is 0 Å². The van der Waals surface area contributed by atoms with Crippen molar-refractivity contribution in [3.8, 4) is 0 Å². The average molecular weight is 289 g/mol. The van der Waals surface area contributed by atoms with E-state index >= 15 is 0 Å². The van der Waals surface area contributed by atoms with Gasteiger partial charge in [0.05, 0.1) is 0 Å². The van der Waals surface area contributed by atoms with E-state index in [1.807, 2.05) is 27.7 Å². The lowest BCUT2D eigenvalue weighted by molar-refractivity contribution is -0.0663. The maximum absolute atomic E-state index is 12.4. The maximum Gasteiger partial charge on any atom is 0.251 e. The van der Waals surface area contributed by atoms with Crippen LogP contribution in [0.4, 0.5) is 0 Å². The summed E-state index contributed by atoms with van der Waals surface area (Å²) in [5.41, 5.74) is 11.9. The summed E-state index contributed by atoms with van der Waals surface area (Å²) in [6.07, 6.45) is 0. The minimum atomic E-state index is -0.545. The molecule has 0 saturated heterocycles. The molecule has 2 rings (SSSR count). The number of hydrogen-bond acceptors (Lipinski definition) is 3. The van der Waals surface area contributed by atoms with Gasteiger partial charge in [-0.3, -0.25) is 9.59 Å². The fourth-order valence-corrected chi connectivity index (χ4v) is 3.58. The lowest BCUT2D eigenvalue weighted by Gasteiger charge is -2.62. The molecule has 2 amide bonds. The van der Waals surface area contributed by atoms with Crippen molar-refractivity contribution < 1.29 is 9.59 Å². The molecule has 0 atom stereocenters. The minimum Gasteiger partial charge on any atom is -0.366 e. The van der Waals surface area contributed by atoms with Crippen LogP contribution >= 0.6 is 0 Å². The van der Waals surface area contributed by atoms with Crippen molar-refractivity contribution in [2.24, 2.45) is 22.3 Å². The molecule has 5 N–H and O–H groups in total. The van der Waals surface area contributed by atoms with Crippen molar-refractivity contribution in [2.45, 2.75) is 39.8 Å². The Hall–Kier alpha value is -1.88. The van der Waals surface area contributed by atoms with Gasteiger partial charge in [0, 0.05) is 34.0 Å². The average Bonchev–Trinajstić information content (AvgIpc) is 2.43. The lowest BCUT2D eigenvalue weighted by Crippen LogP contribution is -2.76. The zero-order chi connectivity index (χ0) is 16.0. The van der Waals surface area contributed by atoms with Crippen LogP contribution in [0.15, 0.2) is 24.3 Å². The highest BCUT2D eigenvalue weighted by atomic mass is 16.2. The van der Waals surface area contributed by atoms with Crippen LogP contribution in [-0.4, -0.2) is 23.9 Å². The highest BCUT2D eigenvalue weighted by molar-refractivity contribution is 5.99. The number of hydrogen-bond donors (Lipinski definition) is 3. The van der Waals surface area contributed by atoms with Crippen molar-refractivity contribution in [1.82, 2.24) is 5.32 Å². The van der Waals surface area contributed by atoms with E-state index in [1.54, 1.807) is 18.2 Å². The third-order valence-corrected chi connectivity index (χ3v) is 4.78. The normalized spacial score (nSPS) is 25.8. The molecule has 0 spiro atoms. The first-order chi connectivity index (χ1) is 9.58. The highest BCUT2D eigenvalue weighted by Gasteiger charge is 2.60. The molecule has 5 heteroatoms. The van der Waals surface area contributed by atoms with E-state index in [-0.39, 0.29) is 28.8 Å². The minimum absolute atomic E-state index is 0.0206. The Kier molecular flexibility index (Phi) is 3.58. The topological polar surface area (TPSA) is 98.2 Å². The fraction of sp³-hybridized carbons (Fsp3) is 0.500. The van der Waals surface area contributed by atoms with E-state index in [1.165, 1.54) is 6.07 Å². The van der Waals surface area contributed by atoms with Gasteiger partial charge in [-0.15, -0.1) is 0 Å². The quantitative estimate of drug-likeness (QED) is 0.781. The van der Waals surface area contributed by atoms with Crippen LogP contribution in [0.25, 0.3) is 0 Å². The molecule has 1 aromatic carbocycles. The van der Waals surface area contributed by atoms with Gasteiger partial charge in [-0.05, 0) is 18.2 Å². The molecule has 1 aliphatic carbocycles. The smallest absolute Gasteiger partial charge is 0.251 e. The number of rotatable bonds is 3. The second-order valence-corrected chi connectivity index (χ2v) is 6.97. The zero-order valence-electron chi connectivity index (χ0n) is 12.9. The number of carbonyl (C=O) groups excluding carboxylic acids is 2. The summed E-state index contributed by atoms with van der Waals surface area (Å²) >= 11 is 0. The van der Waals surface area contributed by atoms with E-state index < -0.39 is 5.91 Å². The maximum atomic E-state index is 12.4. The van der Waals surface area contributed by atoms with Gasteiger partial charge in [0.1, 0.15) is 0 Å². The highest BCUT2D eigenvalue weighted by Crippen LogP contribution is 2.52. The first-order valence-corrected chi connectivity index (χ1v) is 7.04. The van der Waals surface area contributed by atoms with Crippen molar-refractivity contribution in [2.75, 3.05) is 0 Å². The number of carbonyl (C=O) groups is 2. The van der Waals surface area contributed by atoms with Crippen LogP contribution in [0.3, 0.4) is 0 Å². The molecule has 0 aromatic heterocycles. The van der Waals surface area contributed by atoms with Gasteiger partial charge in [0.25, 0.3) is 5.91 Å². The number of nitrogens with two attached hydrogens (primary N) is 2. The number of primary amides is 1. The molecule has 1 aromatic rings. The first-order valence-electron chi connectivity index (χ1n) is 7.04. The van der Waals surface area contributed by atoms with Gasteiger partial charge in [0.2, 0.25) is 5.91 Å². The number of benzene rings is 1. The largest absolute Gasteiger partial charge is 0.366 e. The van der Waals surface area contributed by atoms with Gasteiger partial charge < -0.3 is 16.8 Å². The third-order valence-electron chi connectivity index (χ3n) is 4.78. The van der Waals surface area contributed by atoms with Crippen LogP contribution in [0, 0.1) is 10.8 Å². The van der Waals surface area contributed by atoms with Crippen molar-refractivity contribution in [3.63, 3.8) is 0 Å². The van der Waals surface area contributed by atoms with Crippen LogP contribution < -0.4 is 16.8 Å². The van der Waals surface area contributed by atoms with Crippen LogP contribution in [0.5, 0.6) is 0 Å². The molecule has 21 heavy (non-hydrogen) atoms. The standard InChI is InChI=1S/C16H23N3O2/c1-15(2)13(18)16(3,4)14(15)19-12(21)10-7-5-6-9(8-10)11(17)20/h5-8,13-14H,18H2,1-4H3,(H2,17,20)(H,19,21). The number of amides is 2. The summed E-state index contributed by atoms with van der Waals surface area (Å²) in [6, 6.07) is 6.41. The molecule has 0 bridgehead atoms. The molecule has 0 aliphatic heterocycles. The summed E-state index contributed by atoms with van der Waals surface area (Å²) in [6.45, 7) is 8.20. The van der Waals surface area contributed by atoms with Gasteiger partial charge in [-0.1, -0.05) is 33.8 Å². The summed E-state index contributed by atoms with van der Waals surface area (Å²) < 4.78 is 0. The lowest BCUT2D eigenvalue weighted by atomic mass is 9.48. The Morgan fingerprint density at radius 2 is 1.62 bits per heavy atom. The van der Waals surface area contributed by atoms with Gasteiger partial charge >= 0.3 is 0 Å². The molecule has 1 aliphatic rings. The molecule has 0 unspecified atom stereocenters. The SMILES string of the molecule is CC1(C)C(N)C(C)(C)C1NC(=O)c1cccc(C(N)=O)c1. The second-order valence-electron chi connectivity index (χ2n) is 6.97. The Balaban J connectivity index is 2.19. The Morgan fingerprint density at radius 1 is 1.10 bits per heavy atom. The van der Waals surface area contributed by atoms with E-state index in [2.05, 4.69) is 5.32 Å². The molecule has 5 nitrogen and oxygen atoms in total. The van der Waals surface area contributed by atoms with E-state index in [0.717, 1.165) is 0 Å². The summed E-state index contributed by atoms with van der Waals surface area (Å²) in [5.74, 6) is -0.757. The van der Waals surface area contributed by atoms with Gasteiger partial charge in [-0.2, -0.15) is 0 Å². The molecule has 0 heterocycles. The molecule has 0 radical (unpaired) electrons. The predicted octanol–water partition coefficient (Wildman–Crippen LogP) is 1.28. The van der Waals surface area contributed by atoms with Crippen LogP contribution in [-0.2, 0) is 0 Å². The van der Waals surface area contributed by atoms with Gasteiger partial charge in [0.15, 0.2) is 0 Å². The summed E-state index contributed by atoms with van der Waals surface area (Å²) in [4.78, 5) is 23.6. The Bertz CT molecular complexity index is 577.